The number of rotatable bonds is 19. The van der Waals surface area contributed by atoms with Crippen LogP contribution in [0.2, 0.25) is 0 Å². The molecule has 0 fully saturated rings. The molecule has 0 bridgehead atoms. The van der Waals surface area contributed by atoms with E-state index < -0.39 is 57.9 Å². The van der Waals surface area contributed by atoms with Crippen LogP contribution in [0.25, 0.3) is 0 Å². The second-order valence-corrected chi connectivity index (χ2v) is 15.7. The van der Waals surface area contributed by atoms with Crippen LogP contribution in [0.3, 0.4) is 0 Å². The van der Waals surface area contributed by atoms with Crippen LogP contribution in [0.1, 0.15) is 70.8 Å². The van der Waals surface area contributed by atoms with Gasteiger partial charge in [0.2, 0.25) is 17.7 Å². The van der Waals surface area contributed by atoms with Crippen molar-refractivity contribution in [1.29, 1.82) is 0 Å². The first-order valence-electron chi connectivity index (χ1n) is 16.6. The lowest BCUT2D eigenvalue weighted by Gasteiger charge is -2.30. The normalized spacial score (nSPS) is 14.8. The summed E-state index contributed by atoms with van der Waals surface area (Å²) in [4.78, 5) is 52.3. The van der Waals surface area contributed by atoms with Crippen molar-refractivity contribution in [1.82, 2.24) is 31.0 Å². The van der Waals surface area contributed by atoms with Crippen molar-refractivity contribution in [2.24, 2.45) is 17.8 Å². The van der Waals surface area contributed by atoms with Crippen LogP contribution in [-0.4, -0.2) is 83.4 Å². The number of aryl methyl sites for hydroxylation is 2. The molecule has 274 valence electrons. The van der Waals surface area contributed by atoms with E-state index in [2.05, 4.69) is 26.4 Å². The fraction of sp³-hybridized carbons (Fsp3) is 0.618. The van der Waals surface area contributed by atoms with Crippen molar-refractivity contribution in [2.75, 3.05) is 12.0 Å². The Kier molecular flexibility index (Phi) is 16.2. The number of aliphatic hydroxyl groups is 1. The topological polar surface area (TPSA) is 198 Å². The number of aromatic nitrogens is 2. The molecule has 2 rings (SSSR count). The molecule has 5 atom stereocenters. The molecule has 49 heavy (non-hydrogen) atoms. The lowest BCUT2D eigenvalue weighted by molar-refractivity contribution is -0.132. The van der Waals surface area contributed by atoms with Crippen LogP contribution in [0.5, 0.6) is 0 Å². The van der Waals surface area contributed by atoms with Crippen molar-refractivity contribution in [3.05, 3.63) is 53.3 Å². The number of benzene rings is 1. The first-order chi connectivity index (χ1) is 22.9. The molecule has 5 N–H and O–H groups in total. The molecule has 1 aromatic carbocycles. The van der Waals surface area contributed by atoms with Gasteiger partial charge in [-0.1, -0.05) is 65.0 Å². The Morgan fingerprint density at radius 3 is 2.12 bits per heavy atom. The molecule has 2 aromatic rings. The van der Waals surface area contributed by atoms with Gasteiger partial charge in [0.25, 0.3) is 0 Å². The maximum atomic E-state index is 13.5. The highest BCUT2D eigenvalue weighted by molar-refractivity contribution is 7.90. The number of carbonyl (C=O) groups is 4. The molecule has 0 aliphatic rings. The van der Waals surface area contributed by atoms with Gasteiger partial charge in [-0.05, 0) is 56.6 Å². The summed E-state index contributed by atoms with van der Waals surface area (Å²) in [6, 6.07) is 8.29. The van der Waals surface area contributed by atoms with Crippen molar-refractivity contribution < 1.29 is 37.4 Å². The summed E-state index contributed by atoms with van der Waals surface area (Å²) in [6.07, 6.45) is -1.03. The van der Waals surface area contributed by atoms with E-state index in [1.807, 2.05) is 58.0 Å². The molecule has 0 spiro atoms. The summed E-state index contributed by atoms with van der Waals surface area (Å²) in [5.74, 6) is -2.76. The Bertz CT molecular complexity index is 1500. The van der Waals surface area contributed by atoms with Crippen LogP contribution in [0, 0.1) is 31.6 Å². The molecule has 0 aliphatic carbocycles. The number of nitrogens with one attached hydrogen (secondary N) is 4. The maximum absolute atomic E-state index is 13.5. The first kappa shape index (κ1) is 41.2. The highest BCUT2D eigenvalue weighted by Crippen LogP contribution is 2.17. The molecule has 0 saturated carbocycles. The third kappa shape index (κ3) is 15.0. The number of amides is 4. The summed E-state index contributed by atoms with van der Waals surface area (Å²) in [7, 11) is -3.48. The average molecular weight is 707 g/mol. The van der Waals surface area contributed by atoms with E-state index in [4.69, 9.17) is 4.74 Å². The van der Waals surface area contributed by atoms with Gasteiger partial charge in [-0.15, -0.1) is 0 Å². The largest absolute Gasteiger partial charge is 0.426 e. The molecule has 0 aliphatic heterocycles. The Morgan fingerprint density at radius 1 is 0.918 bits per heavy atom. The van der Waals surface area contributed by atoms with E-state index in [-0.39, 0.29) is 43.1 Å². The Balaban J connectivity index is 2.08. The fourth-order valence-corrected chi connectivity index (χ4v) is 5.84. The SMILES string of the molecule is Cc1cc(C)n(COC(=O)N[C@@H](CCS(C)(=O)=O)C(=O)N[C@@H](CC(C)C)[C@@H](O)C[C@@H](C)C(=O)N[C@H](C(=O)NCc2ccccc2)C(C)C)n1. The Labute approximate surface area is 290 Å². The lowest BCUT2D eigenvalue weighted by Crippen LogP contribution is -2.54. The molecule has 15 heteroatoms. The fourth-order valence-electron chi connectivity index (χ4n) is 5.17. The van der Waals surface area contributed by atoms with E-state index in [1.165, 1.54) is 4.68 Å². The summed E-state index contributed by atoms with van der Waals surface area (Å²) in [5.41, 5.74) is 2.41. The number of hydrogen-bond donors (Lipinski definition) is 5. The number of carbonyl (C=O) groups excluding carboxylic acids is 4. The zero-order valence-corrected chi connectivity index (χ0v) is 30.7. The zero-order valence-electron chi connectivity index (χ0n) is 29.9. The first-order valence-corrected chi connectivity index (χ1v) is 18.6. The number of alkyl carbamates (subject to hydrolysis) is 1. The predicted octanol–water partition coefficient (Wildman–Crippen LogP) is 2.36. The molecule has 14 nitrogen and oxygen atoms in total. The van der Waals surface area contributed by atoms with Gasteiger partial charge in [0.1, 0.15) is 21.9 Å². The van der Waals surface area contributed by atoms with Gasteiger partial charge in [-0.2, -0.15) is 5.10 Å². The zero-order chi connectivity index (χ0) is 36.9. The summed E-state index contributed by atoms with van der Waals surface area (Å²) >= 11 is 0. The lowest BCUT2D eigenvalue weighted by atomic mass is 9.91. The highest BCUT2D eigenvalue weighted by Gasteiger charge is 2.32. The standard InChI is InChI=1S/C34H54N6O8S/c1-21(2)16-28(29(41)17-23(5)31(42)38-30(22(3)4)33(44)35-19-26-12-10-9-11-13-26)36-32(43)27(14-15-49(8,46)47)37-34(45)48-20-40-25(7)18-24(6)39-40/h9-13,18,21-23,27-30,41H,14-17,19-20H2,1-8H3,(H,35,44)(H,36,43)(H,37,45)(H,38,42)/t23-,27+,28+,29+,30+/m1/s1. The maximum Gasteiger partial charge on any atom is 0.409 e. The van der Waals surface area contributed by atoms with Crippen LogP contribution in [0.4, 0.5) is 4.79 Å². The monoisotopic (exact) mass is 706 g/mol. The van der Waals surface area contributed by atoms with Crippen molar-refractivity contribution in [3.8, 4) is 0 Å². The number of sulfone groups is 1. The smallest absolute Gasteiger partial charge is 0.409 e. The van der Waals surface area contributed by atoms with Gasteiger partial charge < -0.3 is 31.1 Å². The van der Waals surface area contributed by atoms with E-state index in [0.29, 0.717) is 13.0 Å². The van der Waals surface area contributed by atoms with Crippen molar-refractivity contribution in [2.45, 2.75) is 105 Å². The van der Waals surface area contributed by atoms with Crippen LogP contribution >= 0.6 is 0 Å². The van der Waals surface area contributed by atoms with Gasteiger partial charge in [0, 0.05) is 24.4 Å². The summed E-state index contributed by atoms with van der Waals surface area (Å²) in [5, 5.41) is 26.3. The quantitative estimate of drug-likeness (QED) is 0.146. The number of ether oxygens (including phenoxy) is 1. The second-order valence-electron chi connectivity index (χ2n) is 13.5. The minimum Gasteiger partial charge on any atom is -0.426 e. The molecule has 0 unspecified atom stereocenters. The van der Waals surface area contributed by atoms with E-state index in [0.717, 1.165) is 23.2 Å². The van der Waals surface area contributed by atoms with Crippen LogP contribution < -0.4 is 21.3 Å². The van der Waals surface area contributed by atoms with Gasteiger partial charge in [0.05, 0.1) is 23.6 Å². The average Bonchev–Trinajstić information content (AvgIpc) is 3.34. The van der Waals surface area contributed by atoms with Crippen LogP contribution in [-0.2, 0) is 42.2 Å². The van der Waals surface area contributed by atoms with Gasteiger partial charge >= 0.3 is 6.09 Å². The number of hydrogen-bond acceptors (Lipinski definition) is 9. The third-order valence-corrected chi connectivity index (χ3v) is 8.90. The summed E-state index contributed by atoms with van der Waals surface area (Å²) in [6.45, 7) is 12.8. The van der Waals surface area contributed by atoms with E-state index in [9.17, 15) is 32.7 Å². The molecule has 0 radical (unpaired) electrons. The number of aliphatic hydroxyl groups excluding tert-OH is 1. The van der Waals surface area contributed by atoms with E-state index >= 15 is 0 Å². The Hall–Kier alpha value is -3.98. The van der Waals surface area contributed by atoms with Crippen molar-refractivity contribution in [3.63, 3.8) is 0 Å². The minimum absolute atomic E-state index is 0.0240. The third-order valence-electron chi connectivity index (χ3n) is 7.92. The van der Waals surface area contributed by atoms with E-state index in [1.54, 1.807) is 26.8 Å². The van der Waals surface area contributed by atoms with Crippen LogP contribution in [0.15, 0.2) is 36.4 Å². The highest BCUT2D eigenvalue weighted by atomic mass is 32.2. The Morgan fingerprint density at radius 2 is 1.57 bits per heavy atom. The van der Waals surface area contributed by atoms with Crippen molar-refractivity contribution >= 4 is 33.7 Å². The molecule has 1 heterocycles. The molecular weight excluding hydrogens is 652 g/mol. The summed E-state index contributed by atoms with van der Waals surface area (Å²) < 4.78 is 30.6. The van der Waals surface area contributed by atoms with Gasteiger partial charge in [0.15, 0.2) is 6.73 Å². The molecule has 4 amide bonds. The molecule has 0 saturated heterocycles. The minimum atomic E-state index is -3.48. The van der Waals surface area contributed by atoms with Gasteiger partial charge in [-0.25, -0.2) is 17.9 Å². The molecule has 1 aromatic heterocycles. The molecular formula is C34H54N6O8S. The number of nitrogens with zero attached hydrogens (tertiary/aromatic N) is 2. The second kappa shape index (κ2) is 19.3. The predicted molar refractivity (Wildman–Crippen MR) is 186 cm³/mol. The van der Waals surface area contributed by atoms with Gasteiger partial charge in [-0.3, -0.25) is 14.4 Å².